The Kier molecular flexibility index (Phi) is 6.02. The molecule has 0 aliphatic carbocycles. The molecule has 0 unspecified atom stereocenters. The minimum absolute atomic E-state index is 0.134. The highest BCUT2D eigenvalue weighted by molar-refractivity contribution is 6.44. The van der Waals surface area contributed by atoms with Gasteiger partial charge in [0.1, 0.15) is 5.52 Å². The molecule has 8 heteroatoms. The maximum Gasteiger partial charge on any atom is 0.241 e. The predicted molar refractivity (Wildman–Crippen MR) is 117 cm³/mol. The summed E-state index contributed by atoms with van der Waals surface area (Å²) in [6.45, 7) is 3.46. The minimum Gasteiger partial charge on any atom is -0.440 e. The molecule has 2 heterocycles. The summed E-state index contributed by atoms with van der Waals surface area (Å²) >= 11 is 18.1. The number of hydrogen-bond donors (Lipinski definition) is 1. The van der Waals surface area contributed by atoms with Crippen LogP contribution in [-0.4, -0.2) is 34.9 Å². The van der Waals surface area contributed by atoms with E-state index in [2.05, 4.69) is 15.2 Å². The van der Waals surface area contributed by atoms with Crippen LogP contribution in [0, 0.1) is 0 Å². The molecule has 1 amide bonds. The zero-order chi connectivity index (χ0) is 20.5. The van der Waals surface area contributed by atoms with Crippen LogP contribution in [0.25, 0.3) is 11.1 Å². The summed E-state index contributed by atoms with van der Waals surface area (Å²) < 4.78 is 5.92. The van der Waals surface area contributed by atoms with Crippen LogP contribution in [-0.2, 0) is 4.79 Å². The lowest BCUT2D eigenvalue weighted by Gasteiger charge is -2.34. The Hall–Kier alpha value is -1.79. The third kappa shape index (κ3) is 4.38. The lowest BCUT2D eigenvalue weighted by atomic mass is 9.95. The Bertz CT molecular complexity index is 1010. The molecular formula is C21H20Cl3N3O2. The number of para-hydroxylation sites is 2. The van der Waals surface area contributed by atoms with Crippen molar-refractivity contribution in [1.29, 1.82) is 0 Å². The van der Waals surface area contributed by atoms with E-state index < -0.39 is 0 Å². The van der Waals surface area contributed by atoms with Crippen LogP contribution in [0.15, 0.2) is 40.8 Å². The highest BCUT2D eigenvalue weighted by Crippen LogP contribution is 2.33. The number of benzene rings is 2. The van der Waals surface area contributed by atoms with E-state index in [0.717, 1.165) is 42.9 Å². The maximum absolute atomic E-state index is 12.7. The van der Waals surface area contributed by atoms with Gasteiger partial charge in [0.25, 0.3) is 0 Å². The Balaban J connectivity index is 1.37. The van der Waals surface area contributed by atoms with Crippen molar-refractivity contribution in [2.24, 2.45) is 0 Å². The zero-order valence-corrected chi connectivity index (χ0v) is 18.1. The molecule has 1 aromatic heterocycles. The lowest BCUT2D eigenvalue weighted by Crippen LogP contribution is -2.45. The smallest absolute Gasteiger partial charge is 0.241 e. The molecule has 0 bridgehead atoms. The van der Waals surface area contributed by atoms with Gasteiger partial charge in [0.2, 0.25) is 5.91 Å². The summed E-state index contributed by atoms with van der Waals surface area (Å²) in [7, 11) is 0. The largest absolute Gasteiger partial charge is 0.440 e. The van der Waals surface area contributed by atoms with E-state index in [-0.39, 0.29) is 17.9 Å². The van der Waals surface area contributed by atoms with Crippen LogP contribution in [0.2, 0.25) is 15.1 Å². The average Bonchev–Trinajstić information content (AvgIpc) is 3.16. The van der Waals surface area contributed by atoms with Crippen molar-refractivity contribution < 1.29 is 9.21 Å². The molecule has 2 aromatic carbocycles. The van der Waals surface area contributed by atoms with E-state index in [9.17, 15) is 4.79 Å². The Labute approximate surface area is 183 Å². The average molecular weight is 453 g/mol. The second-order valence-corrected chi connectivity index (χ2v) is 8.46. The molecule has 4 rings (SSSR count). The zero-order valence-electron chi connectivity index (χ0n) is 15.8. The summed E-state index contributed by atoms with van der Waals surface area (Å²) in [4.78, 5) is 19.5. The SMILES string of the molecule is C[C@H](C(=O)Nc1cc(Cl)c(Cl)cc1Cl)N1CCC(c2nc3ccccc3o2)CC1. The number of hydrogen-bond acceptors (Lipinski definition) is 4. The standard InChI is InChI=1S/C21H20Cl3N3O2/c1-12(20(28)25-18-11-15(23)14(22)10-16(18)24)27-8-6-13(7-9-27)21-26-17-4-2-3-5-19(17)29-21/h2-5,10-13H,6-9H2,1H3,(H,25,28)/t12-/m1/s1. The van der Waals surface area contributed by atoms with Crippen LogP contribution >= 0.6 is 34.8 Å². The fourth-order valence-electron chi connectivity index (χ4n) is 3.62. The first-order valence-corrected chi connectivity index (χ1v) is 10.6. The van der Waals surface area contributed by atoms with Gasteiger partial charge >= 0.3 is 0 Å². The van der Waals surface area contributed by atoms with Crippen molar-refractivity contribution >= 4 is 57.5 Å². The fourth-order valence-corrected chi connectivity index (χ4v) is 4.21. The number of rotatable bonds is 4. The van der Waals surface area contributed by atoms with Gasteiger partial charge in [0, 0.05) is 5.92 Å². The van der Waals surface area contributed by atoms with Gasteiger partial charge in [0.15, 0.2) is 11.5 Å². The second kappa shape index (κ2) is 8.52. The Morgan fingerprint density at radius 3 is 2.55 bits per heavy atom. The first kappa shape index (κ1) is 20.5. The number of halogens is 3. The van der Waals surface area contributed by atoms with E-state index in [1.54, 1.807) is 6.07 Å². The highest BCUT2D eigenvalue weighted by atomic mass is 35.5. The molecule has 1 N–H and O–H groups in total. The summed E-state index contributed by atoms with van der Waals surface area (Å²) in [6.07, 6.45) is 1.77. The summed E-state index contributed by atoms with van der Waals surface area (Å²) in [5.74, 6) is 0.912. The first-order chi connectivity index (χ1) is 13.9. The fraction of sp³-hybridized carbons (Fsp3) is 0.333. The molecule has 3 aromatic rings. The number of nitrogens with one attached hydrogen (secondary N) is 1. The van der Waals surface area contributed by atoms with Gasteiger partial charge in [-0.15, -0.1) is 0 Å². The van der Waals surface area contributed by atoms with Gasteiger partial charge in [0.05, 0.1) is 26.8 Å². The molecule has 1 fully saturated rings. The van der Waals surface area contributed by atoms with E-state index in [1.165, 1.54) is 6.07 Å². The topological polar surface area (TPSA) is 58.4 Å². The van der Waals surface area contributed by atoms with Crippen LogP contribution in [0.5, 0.6) is 0 Å². The number of anilines is 1. The number of carbonyl (C=O) groups excluding carboxylic acids is 1. The molecule has 5 nitrogen and oxygen atoms in total. The third-order valence-corrected chi connectivity index (χ3v) is 6.42. The van der Waals surface area contributed by atoms with Crippen LogP contribution in [0.4, 0.5) is 5.69 Å². The number of nitrogens with zero attached hydrogens (tertiary/aromatic N) is 2. The van der Waals surface area contributed by atoms with Gasteiger partial charge in [-0.2, -0.15) is 0 Å². The number of oxazole rings is 1. The molecule has 1 aliphatic rings. The van der Waals surface area contributed by atoms with Crippen LogP contribution in [0.3, 0.4) is 0 Å². The first-order valence-electron chi connectivity index (χ1n) is 9.47. The van der Waals surface area contributed by atoms with Gasteiger partial charge in [-0.25, -0.2) is 4.98 Å². The molecule has 1 saturated heterocycles. The summed E-state index contributed by atoms with van der Waals surface area (Å²) in [5, 5.41) is 3.90. The number of carbonyl (C=O) groups is 1. The van der Waals surface area contributed by atoms with Gasteiger partial charge in [-0.1, -0.05) is 46.9 Å². The monoisotopic (exact) mass is 451 g/mol. The molecule has 0 saturated carbocycles. The summed E-state index contributed by atoms with van der Waals surface area (Å²) in [5.41, 5.74) is 2.16. The van der Waals surface area contributed by atoms with Crippen molar-refractivity contribution in [3.05, 3.63) is 57.4 Å². The van der Waals surface area contributed by atoms with Gasteiger partial charge in [-0.05, 0) is 57.1 Å². The highest BCUT2D eigenvalue weighted by Gasteiger charge is 2.29. The number of amides is 1. The van der Waals surface area contributed by atoms with E-state index >= 15 is 0 Å². The van der Waals surface area contributed by atoms with E-state index in [4.69, 9.17) is 39.2 Å². The van der Waals surface area contributed by atoms with E-state index in [1.807, 2.05) is 31.2 Å². The normalized spacial score (nSPS) is 16.8. The molecular weight excluding hydrogens is 433 g/mol. The Morgan fingerprint density at radius 2 is 1.83 bits per heavy atom. The molecule has 152 valence electrons. The van der Waals surface area contributed by atoms with Crippen molar-refractivity contribution in [1.82, 2.24) is 9.88 Å². The van der Waals surface area contributed by atoms with Crippen molar-refractivity contribution in [3.8, 4) is 0 Å². The van der Waals surface area contributed by atoms with Gasteiger partial charge in [-0.3, -0.25) is 9.69 Å². The molecule has 0 spiro atoms. The van der Waals surface area contributed by atoms with Gasteiger partial charge < -0.3 is 9.73 Å². The van der Waals surface area contributed by atoms with Crippen LogP contribution in [0.1, 0.15) is 31.6 Å². The number of piperidine rings is 1. The van der Waals surface area contributed by atoms with E-state index in [0.29, 0.717) is 20.8 Å². The molecule has 0 radical (unpaired) electrons. The molecule has 1 atom stereocenters. The quantitative estimate of drug-likeness (QED) is 0.494. The number of fused-ring (bicyclic) bond motifs is 1. The van der Waals surface area contributed by atoms with Crippen molar-refractivity contribution in [2.45, 2.75) is 31.7 Å². The maximum atomic E-state index is 12.7. The second-order valence-electron chi connectivity index (χ2n) is 7.24. The molecule has 29 heavy (non-hydrogen) atoms. The van der Waals surface area contributed by atoms with Crippen molar-refractivity contribution in [2.75, 3.05) is 18.4 Å². The third-order valence-electron chi connectivity index (χ3n) is 5.38. The van der Waals surface area contributed by atoms with Crippen molar-refractivity contribution in [3.63, 3.8) is 0 Å². The Morgan fingerprint density at radius 1 is 1.14 bits per heavy atom. The predicted octanol–water partition coefficient (Wildman–Crippen LogP) is 5.99. The number of likely N-dealkylation sites (tertiary alicyclic amines) is 1. The lowest BCUT2D eigenvalue weighted by molar-refractivity contribution is -0.121. The minimum atomic E-state index is -0.301. The summed E-state index contributed by atoms with van der Waals surface area (Å²) in [6, 6.07) is 10.6. The number of aromatic nitrogens is 1. The molecule has 1 aliphatic heterocycles. The van der Waals surface area contributed by atoms with Crippen LogP contribution < -0.4 is 5.32 Å².